The predicted molar refractivity (Wildman–Crippen MR) is 68.2 cm³/mol. The minimum absolute atomic E-state index is 0.183. The number of carbonyl (C=O) groups is 1. The Kier molecular flexibility index (Phi) is 2.63. The van der Waals surface area contributed by atoms with Gasteiger partial charge in [-0.1, -0.05) is 12.1 Å². The van der Waals surface area contributed by atoms with Crippen LogP contribution in [-0.2, 0) is 4.79 Å². The zero-order valence-corrected chi connectivity index (χ0v) is 10.1. The van der Waals surface area contributed by atoms with E-state index in [9.17, 15) is 4.79 Å². The van der Waals surface area contributed by atoms with Gasteiger partial charge < -0.3 is 10.2 Å². The summed E-state index contributed by atoms with van der Waals surface area (Å²) in [7, 11) is 0. The highest BCUT2D eigenvalue weighted by atomic mass is 16.1. The summed E-state index contributed by atoms with van der Waals surface area (Å²) in [5.74, 6) is 0.832. The number of Topliss-reactive ketones (excluding diaryl/α,β-unsaturated/α-hetero) is 1. The number of fused-ring (bicyclic) bond motifs is 2. The highest BCUT2D eigenvalue weighted by Gasteiger charge is 2.37. The quantitative estimate of drug-likeness (QED) is 0.787. The van der Waals surface area contributed by atoms with Gasteiger partial charge in [0.15, 0.2) is 0 Å². The average molecular weight is 230 g/mol. The number of nitrogens with one attached hydrogen (secondary N) is 1. The maximum absolute atomic E-state index is 12.0. The first-order valence-electron chi connectivity index (χ1n) is 6.30. The first-order chi connectivity index (χ1) is 8.24. The smallest absolute Gasteiger partial charge is 0.145 e. The highest BCUT2D eigenvalue weighted by molar-refractivity contribution is 5.87. The Morgan fingerprint density at radius 1 is 1.24 bits per heavy atom. The molecule has 2 bridgehead atoms. The fraction of sp³-hybridized carbons (Fsp3) is 0.500. The molecule has 0 amide bonds. The molecule has 90 valence electrons. The average Bonchev–Trinajstić information content (AvgIpc) is 2.28. The Labute approximate surface area is 102 Å². The van der Waals surface area contributed by atoms with E-state index in [1.165, 1.54) is 11.3 Å². The zero-order chi connectivity index (χ0) is 11.8. The number of hydrogen-bond acceptors (Lipinski definition) is 3. The lowest BCUT2D eigenvalue weighted by atomic mass is 9.84. The number of ketones is 1. The fourth-order valence-corrected chi connectivity index (χ4v) is 2.92. The summed E-state index contributed by atoms with van der Waals surface area (Å²) in [6, 6.07) is 8.56. The van der Waals surface area contributed by atoms with Crippen molar-refractivity contribution >= 4 is 11.5 Å². The molecule has 17 heavy (non-hydrogen) atoms. The first-order valence-corrected chi connectivity index (χ1v) is 6.30. The van der Waals surface area contributed by atoms with Crippen LogP contribution in [0.25, 0.3) is 0 Å². The van der Waals surface area contributed by atoms with E-state index in [1.54, 1.807) is 0 Å². The summed E-state index contributed by atoms with van der Waals surface area (Å²) in [6.07, 6.45) is 0. The van der Waals surface area contributed by atoms with Crippen molar-refractivity contribution in [2.24, 2.45) is 11.8 Å². The van der Waals surface area contributed by atoms with Crippen molar-refractivity contribution in [3.05, 3.63) is 29.8 Å². The Balaban J connectivity index is 1.84. The van der Waals surface area contributed by atoms with Crippen LogP contribution in [0, 0.1) is 18.8 Å². The van der Waals surface area contributed by atoms with E-state index in [0.29, 0.717) is 5.78 Å². The molecule has 0 saturated carbocycles. The standard InChI is InChI=1S/C14H18N2O/c1-10-3-2-4-13(5-10)16-8-11-6-15-7-12(9-16)14(11)17/h2-5,11-12,15H,6-9H2,1H3. The molecular formula is C14H18N2O. The number of hydrogen-bond donors (Lipinski definition) is 1. The number of benzene rings is 1. The van der Waals surface area contributed by atoms with Gasteiger partial charge in [-0.2, -0.15) is 0 Å². The molecule has 2 aliphatic heterocycles. The lowest BCUT2D eigenvalue weighted by Gasteiger charge is -2.41. The predicted octanol–water partition coefficient (Wildman–Crippen LogP) is 1.22. The molecule has 0 radical (unpaired) electrons. The second-order valence-electron chi connectivity index (χ2n) is 5.20. The normalized spacial score (nSPS) is 28.3. The SMILES string of the molecule is Cc1cccc(N2CC3CNCC(C2)C3=O)c1. The van der Waals surface area contributed by atoms with Gasteiger partial charge in [0, 0.05) is 43.7 Å². The van der Waals surface area contributed by atoms with Crippen molar-refractivity contribution in [3.8, 4) is 0 Å². The monoisotopic (exact) mass is 230 g/mol. The van der Waals surface area contributed by atoms with Gasteiger partial charge in [-0.15, -0.1) is 0 Å². The van der Waals surface area contributed by atoms with Crippen molar-refractivity contribution < 1.29 is 4.79 Å². The van der Waals surface area contributed by atoms with Crippen LogP contribution in [0.15, 0.2) is 24.3 Å². The van der Waals surface area contributed by atoms with Gasteiger partial charge in [-0.3, -0.25) is 4.79 Å². The van der Waals surface area contributed by atoms with Crippen molar-refractivity contribution in [1.29, 1.82) is 0 Å². The largest absolute Gasteiger partial charge is 0.370 e. The third-order valence-corrected chi connectivity index (χ3v) is 3.83. The maximum atomic E-state index is 12.0. The lowest BCUT2D eigenvalue weighted by Crippen LogP contribution is -2.57. The van der Waals surface area contributed by atoms with Crippen LogP contribution in [0.4, 0.5) is 5.69 Å². The zero-order valence-electron chi connectivity index (χ0n) is 10.1. The third kappa shape index (κ3) is 1.95. The molecule has 1 aromatic carbocycles. The van der Waals surface area contributed by atoms with Crippen LogP contribution in [0.5, 0.6) is 0 Å². The van der Waals surface area contributed by atoms with E-state index in [0.717, 1.165) is 26.2 Å². The number of anilines is 1. The minimum atomic E-state index is 0.183. The number of rotatable bonds is 1. The second kappa shape index (κ2) is 4.15. The molecule has 0 aromatic heterocycles. The topological polar surface area (TPSA) is 32.3 Å². The number of aryl methyl sites for hydroxylation is 1. The molecule has 2 fully saturated rings. The van der Waals surface area contributed by atoms with Crippen molar-refractivity contribution in [1.82, 2.24) is 5.32 Å². The van der Waals surface area contributed by atoms with Gasteiger partial charge in [-0.05, 0) is 24.6 Å². The van der Waals surface area contributed by atoms with Crippen LogP contribution in [-0.4, -0.2) is 32.0 Å². The van der Waals surface area contributed by atoms with Crippen LogP contribution < -0.4 is 10.2 Å². The summed E-state index contributed by atoms with van der Waals surface area (Å²) >= 11 is 0. The summed E-state index contributed by atoms with van der Waals surface area (Å²) in [6.45, 7) is 5.54. The van der Waals surface area contributed by atoms with Crippen LogP contribution >= 0.6 is 0 Å². The molecule has 3 nitrogen and oxygen atoms in total. The molecular weight excluding hydrogens is 212 g/mol. The second-order valence-corrected chi connectivity index (χ2v) is 5.20. The Morgan fingerprint density at radius 2 is 1.94 bits per heavy atom. The summed E-state index contributed by atoms with van der Waals surface area (Å²) in [5.41, 5.74) is 2.54. The van der Waals surface area contributed by atoms with Crippen LogP contribution in [0.3, 0.4) is 0 Å². The maximum Gasteiger partial charge on any atom is 0.145 e. The van der Waals surface area contributed by atoms with Gasteiger partial charge in [-0.25, -0.2) is 0 Å². The van der Waals surface area contributed by atoms with E-state index in [1.807, 2.05) is 0 Å². The molecule has 3 rings (SSSR count). The van der Waals surface area contributed by atoms with Crippen LogP contribution in [0.1, 0.15) is 5.56 Å². The third-order valence-electron chi connectivity index (χ3n) is 3.83. The van der Waals surface area contributed by atoms with Crippen LogP contribution in [0.2, 0.25) is 0 Å². The molecule has 2 unspecified atom stereocenters. The molecule has 2 atom stereocenters. The minimum Gasteiger partial charge on any atom is -0.370 e. The molecule has 0 spiro atoms. The number of nitrogens with zero attached hydrogens (tertiary/aromatic N) is 1. The van der Waals surface area contributed by atoms with E-state index >= 15 is 0 Å². The molecule has 2 saturated heterocycles. The first kappa shape index (κ1) is 10.8. The Bertz CT molecular complexity index is 428. The lowest BCUT2D eigenvalue weighted by molar-refractivity contribution is -0.129. The molecule has 2 heterocycles. The van der Waals surface area contributed by atoms with Gasteiger partial charge in [0.05, 0.1) is 0 Å². The van der Waals surface area contributed by atoms with Crippen molar-refractivity contribution in [3.63, 3.8) is 0 Å². The fourth-order valence-electron chi connectivity index (χ4n) is 2.92. The summed E-state index contributed by atoms with van der Waals surface area (Å²) in [4.78, 5) is 14.4. The van der Waals surface area contributed by atoms with E-state index in [4.69, 9.17) is 0 Å². The summed E-state index contributed by atoms with van der Waals surface area (Å²) < 4.78 is 0. The molecule has 1 N–H and O–H groups in total. The van der Waals surface area contributed by atoms with E-state index in [-0.39, 0.29) is 11.8 Å². The molecule has 1 aromatic rings. The van der Waals surface area contributed by atoms with Crippen molar-refractivity contribution in [2.45, 2.75) is 6.92 Å². The van der Waals surface area contributed by atoms with Crippen molar-refractivity contribution in [2.75, 3.05) is 31.1 Å². The highest BCUT2D eigenvalue weighted by Crippen LogP contribution is 2.26. The van der Waals surface area contributed by atoms with E-state index in [2.05, 4.69) is 41.4 Å². The van der Waals surface area contributed by atoms with E-state index < -0.39 is 0 Å². The van der Waals surface area contributed by atoms with Gasteiger partial charge in [0.25, 0.3) is 0 Å². The molecule has 2 aliphatic rings. The Hall–Kier alpha value is -1.35. The van der Waals surface area contributed by atoms with Gasteiger partial charge in [0.2, 0.25) is 0 Å². The van der Waals surface area contributed by atoms with Gasteiger partial charge >= 0.3 is 0 Å². The summed E-state index contributed by atoms with van der Waals surface area (Å²) in [5, 5.41) is 3.35. The molecule has 0 aliphatic carbocycles. The number of carbonyl (C=O) groups excluding carboxylic acids is 1. The number of piperidine rings is 2. The Morgan fingerprint density at radius 3 is 2.59 bits per heavy atom. The molecule has 3 heteroatoms. The van der Waals surface area contributed by atoms with Gasteiger partial charge in [0.1, 0.15) is 5.78 Å².